The van der Waals surface area contributed by atoms with Gasteiger partial charge in [0.25, 0.3) is 0 Å². The number of amides is 1. The van der Waals surface area contributed by atoms with Crippen molar-refractivity contribution < 1.29 is 27.4 Å². The molecule has 1 aromatic heterocycles. The smallest absolute Gasteiger partial charge is 0.379 e. The molecule has 0 radical (unpaired) electrons. The lowest BCUT2D eigenvalue weighted by Crippen LogP contribution is -2.54. The van der Waals surface area contributed by atoms with E-state index in [0.29, 0.717) is 31.4 Å². The summed E-state index contributed by atoms with van der Waals surface area (Å²) in [6.45, 7) is 2.39. The molecule has 8 nitrogen and oxygen atoms in total. The molecule has 1 amide bonds. The summed E-state index contributed by atoms with van der Waals surface area (Å²) in [4.78, 5) is 25.6. The van der Waals surface area contributed by atoms with Gasteiger partial charge in [0.2, 0.25) is 5.91 Å². The van der Waals surface area contributed by atoms with Crippen LogP contribution in [0.1, 0.15) is 50.6 Å². The molecule has 36 heavy (non-hydrogen) atoms. The fraction of sp³-hybridized carbons (Fsp3) is 0.800. The van der Waals surface area contributed by atoms with Crippen molar-refractivity contribution in [2.24, 2.45) is 11.3 Å². The number of likely N-dealkylation sites (tertiary alicyclic amines) is 1. The van der Waals surface area contributed by atoms with Gasteiger partial charge in [-0.3, -0.25) is 4.79 Å². The Morgan fingerprint density at radius 3 is 2.83 bits per heavy atom. The molecule has 2 aliphatic carbocycles. The number of aromatic nitrogens is 2. The maximum atomic E-state index is 14.1. The summed E-state index contributed by atoms with van der Waals surface area (Å²) in [5.41, 5.74) is -1.25. The van der Waals surface area contributed by atoms with Gasteiger partial charge in [0.05, 0.1) is 30.2 Å². The number of methoxy groups -OCH3 is 1. The van der Waals surface area contributed by atoms with Crippen LogP contribution in [-0.2, 0) is 20.4 Å². The van der Waals surface area contributed by atoms with Crippen LogP contribution in [0.15, 0.2) is 12.4 Å². The lowest BCUT2D eigenvalue weighted by atomic mass is 9.78. The molecule has 198 valence electrons. The molecule has 5 aliphatic rings. The maximum Gasteiger partial charge on any atom is 0.433 e. The van der Waals surface area contributed by atoms with Crippen molar-refractivity contribution in [3.8, 4) is 0 Å². The fourth-order valence-electron chi connectivity index (χ4n) is 7.70. The Balaban J connectivity index is 1.13. The first kappa shape index (κ1) is 24.4. The standard InChI is InChI=1S/C25H34F3N5O3/c1-35-20-13-36-6-4-19(20)31-16-7-15-3-2-5-24(15,10-16)23(34)33-12-17-8-18(33)11-32(17)22-9-21(25(26,27)28)29-14-30-22/h9,14-20,31H,2-8,10-13H2,1H3/t15-,16-,17-,18+,19+,20-,24-/m1/s1. The van der Waals surface area contributed by atoms with Gasteiger partial charge in [-0.2, -0.15) is 13.2 Å². The van der Waals surface area contributed by atoms with Gasteiger partial charge in [-0.05, 0) is 44.4 Å². The van der Waals surface area contributed by atoms with Gasteiger partial charge >= 0.3 is 6.18 Å². The van der Waals surface area contributed by atoms with Crippen molar-refractivity contribution in [2.45, 2.75) is 81.4 Å². The summed E-state index contributed by atoms with van der Waals surface area (Å²) in [5, 5.41) is 3.81. The van der Waals surface area contributed by atoms with E-state index in [-0.39, 0.29) is 41.6 Å². The van der Waals surface area contributed by atoms with Gasteiger partial charge in [0, 0.05) is 45.0 Å². The van der Waals surface area contributed by atoms with Crippen LogP contribution in [0.3, 0.4) is 0 Å². The predicted molar refractivity (Wildman–Crippen MR) is 124 cm³/mol. The number of ether oxygens (including phenoxy) is 2. The van der Waals surface area contributed by atoms with Crippen molar-refractivity contribution in [3.63, 3.8) is 0 Å². The number of hydrogen-bond donors (Lipinski definition) is 1. The van der Waals surface area contributed by atoms with Crippen LogP contribution < -0.4 is 10.2 Å². The minimum absolute atomic E-state index is 0.00814. The van der Waals surface area contributed by atoms with E-state index in [1.165, 1.54) is 0 Å². The molecule has 0 aromatic carbocycles. The van der Waals surface area contributed by atoms with Crippen molar-refractivity contribution in [2.75, 3.05) is 38.3 Å². The Hall–Kier alpha value is -1.98. The molecular formula is C25H34F3N5O3. The molecule has 0 spiro atoms. The van der Waals surface area contributed by atoms with E-state index >= 15 is 0 Å². The number of nitrogens with zero attached hydrogens (tertiary/aromatic N) is 4. The molecule has 2 bridgehead atoms. The topological polar surface area (TPSA) is 79.8 Å². The van der Waals surface area contributed by atoms with Crippen molar-refractivity contribution >= 4 is 11.7 Å². The number of carbonyl (C=O) groups excluding carboxylic acids is 1. The highest BCUT2D eigenvalue weighted by molar-refractivity contribution is 5.85. The molecule has 6 rings (SSSR count). The molecule has 5 fully saturated rings. The summed E-state index contributed by atoms with van der Waals surface area (Å²) in [6, 6.07) is 1.56. The highest BCUT2D eigenvalue weighted by Crippen LogP contribution is 2.56. The van der Waals surface area contributed by atoms with Gasteiger partial charge in [0.1, 0.15) is 17.8 Å². The van der Waals surface area contributed by atoms with Gasteiger partial charge in [-0.25, -0.2) is 9.97 Å². The zero-order valence-corrected chi connectivity index (χ0v) is 20.5. The molecule has 4 heterocycles. The molecule has 11 heteroatoms. The van der Waals surface area contributed by atoms with Crippen molar-refractivity contribution in [1.82, 2.24) is 20.2 Å². The largest absolute Gasteiger partial charge is 0.433 e. The van der Waals surface area contributed by atoms with Gasteiger partial charge in [-0.15, -0.1) is 0 Å². The van der Waals surface area contributed by atoms with Crippen LogP contribution in [0.25, 0.3) is 0 Å². The van der Waals surface area contributed by atoms with Gasteiger partial charge < -0.3 is 24.6 Å². The average molecular weight is 510 g/mol. The summed E-state index contributed by atoms with van der Waals surface area (Å²) >= 11 is 0. The number of rotatable bonds is 5. The number of halogens is 3. The van der Waals surface area contributed by atoms with Gasteiger partial charge in [0.15, 0.2) is 0 Å². The summed E-state index contributed by atoms with van der Waals surface area (Å²) in [6.07, 6.45) is 3.14. The first-order valence-corrected chi connectivity index (χ1v) is 13.1. The number of nitrogens with one attached hydrogen (secondary N) is 1. The predicted octanol–water partition coefficient (Wildman–Crippen LogP) is 2.63. The molecule has 1 aromatic rings. The highest BCUT2D eigenvalue weighted by atomic mass is 19.4. The quantitative estimate of drug-likeness (QED) is 0.654. The fourth-order valence-corrected chi connectivity index (χ4v) is 7.70. The van der Waals surface area contributed by atoms with E-state index in [4.69, 9.17) is 9.47 Å². The number of anilines is 1. The second-order valence-electron chi connectivity index (χ2n) is 11.2. The third-order valence-corrected chi connectivity index (χ3v) is 9.36. The van der Waals surface area contributed by atoms with Crippen LogP contribution >= 0.6 is 0 Å². The zero-order chi connectivity index (χ0) is 25.1. The monoisotopic (exact) mass is 509 g/mol. The molecule has 3 aliphatic heterocycles. The van der Waals surface area contributed by atoms with Crippen LogP contribution in [0.4, 0.5) is 19.0 Å². The lowest BCUT2D eigenvalue weighted by Gasteiger charge is -2.40. The molecule has 7 atom stereocenters. The van der Waals surface area contributed by atoms with Crippen molar-refractivity contribution in [3.05, 3.63) is 18.1 Å². The van der Waals surface area contributed by atoms with E-state index in [2.05, 4.69) is 15.3 Å². The molecule has 2 saturated carbocycles. The zero-order valence-electron chi connectivity index (χ0n) is 20.5. The third-order valence-electron chi connectivity index (χ3n) is 9.36. The Labute approximate surface area is 208 Å². The number of fused-ring (bicyclic) bond motifs is 3. The molecular weight excluding hydrogens is 475 g/mol. The first-order chi connectivity index (χ1) is 17.3. The summed E-state index contributed by atoms with van der Waals surface area (Å²) < 4.78 is 50.6. The van der Waals surface area contributed by atoms with E-state index in [0.717, 1.165) is 63.9 Å². The summed E-state index contributed by atoms with van der Waals surface area (Å²) in [7, 11) is 1.72. The number of carbonyl (C=O) groups is 1. The minimum Gasteiger partial charge on any atom is -0.379 e. The Bertz CT molecular complexity index is 996. The maximum absolute atomic E-state index is 14.1. The van der Waals surface area contributed by atoms with Gasteiger partial charge in [-0.1, -0.05) is 6.42 Å². The number of piperazine rings is 1. The minimum atomic E-state index is -4.50. The first-order valence-electron chi connectivity index (χ1n) is 13.1. The Morgan fingerprint density at radius 2 is 2.08 bits per heavy atom. The van der Waals surface area contributed by atoms with Crippen LogP contribution in [0, 0.1) is 11.3 Å². The number of hydrogen-bond acceptors (Lipinski definition) is 7. The third kappa shape index (κ3) is 4.07. The number of alkyl halides is 3. The Morgan fingerprint density at radius 1 is 1.22 bits per heavy atom. The van der Waals surface area contributed by atoms with E-state index in [1.807, 2.05) is 9.80 Å². The SMILES string of the molecule is CO[C@@H]1COCC[C@@H]1N[C@@H]1C[C@H]2CCC[C@@]2(C(=O)N2C[C@H]3C[C@H]2CN3c2cc(C(F)(F)F)ncn2)C1. The normalized spacial score (nSPS) is 38.1. The molecule has 3 saturated heterocycles. The van der Waals surface area contributed by atoms with Crippen LogP contribution in [0.5, 0.6) is 0 Å². The average Bonchev–Trinajstić information content (AvgIpc) is 3.63. The van der Waals surface area contributed by atoms with E-state index in [9.17, 15) is 18.0 Å². The molecule has 1 N–H and O–H groups in total. The Kier molecular flexibility index (Phi) is 6.15. The van der Waals surface area contributed by atoms with Crippen LogP contribution in [0.2, 0.25) is 0 Å². The second kappa shape index (κ2) is 9.09. The highest BCUT2D eigenvalue weighted by Gasteiger charge is 2.59. The molecule has 0 unspecified atom stereocenters. The second-order valence-corrected chi connectivity index (χ2v) is 11.2. The van der Waals surface area contributed by atoms with Crippen molar-refractivity contribution in [1.29, 1.82) is 0 Å². The summed E-state index contributed by atoms with van der Waals surface area (Å²) in [5.74, 6) is 0.938. The van der Waals surface area contributed by atoms with E-state index in [1.54, 1.807) is 7.11 Å². The lowest BCUT2D eigenvalue weighted by molar-refractivity contribution is -0.144. The van der Waals surface area contributed by atoms with E-state index < -0.39 is 11.9 Å². The van der Waals surface area contributed by atoms with Crippen LogP contribution in [-0.4, -0.2) is 84.5 Å².